The average Bonchev–Trinajstić information content (AvgIpc) is 2.74. The molecule has 0 amide bonds. The highest BCUT2D eigenvalue weighted by atomic mass is 28.3. The molecule has 156 valence electrons. The molecule has 1 unspecified atom stereocenters. The molecule has 4 nitrogen and oxygen atoms in total. The van der Waals surface area contributed by atoms with E-state index in [1.807, 2.05) is 0 Å². The molecule has 1 aliphatic heterocycles. The second-order valence-electron chi connectivity index (χ2n) is 8.86. The highest BCUT2D eigenvalue weighted by Crippen LogP contribution is 2.39. The summed E-state index contributed by atoms with van der Waals surface area (Å²) < 4.78 is 4.92. The fraction of sp³-hybridized carbons (Fsp3) is 0.458. The van der Waals surface area contributed by atoms with E-state index < -0.39 is 8.07 Å². The normalized spacial score (nSPS) is 18.4. The van der Waals surface area contributed by atoms with Gasteiger partial charge < -0.3 is 10.1 Å². The van der Waals surface area contributed by atoms with Crippen LogP contribution in [0.2, 0.25) is 5.04 Å². The molecule has 0 radical (unpaired) electrons. The number of nitrogens with one attached hydrogen (secondary N) is 1. The third-order valence-corrected chi connectivity index (χ3v) is 12.5. The summed E-state index contributed by atoms with van der Waals surface area (Å²) in [5, 5.41) is 6.82. The third-order valence-electron chi connectivity index (χ3n) is 6.21. The zero-order valence-electron chi connectivity index (χ0n) is 18.2. The van der Waals surface area contributed by atoms with Gasteiger partial charge in [0.05, 0.1) is 19.3 Å². The number of hydrogen-bond acceptors (Lipinski definition) is 4. The van der Waals surface area contributed by atoms with Crippen LogP contribution in [0, 0.1) is 0 Å². The van der Waals surface area contributed by atoms with E-state index in [2.05, 4.69) is 91.7 Å². The molecule has 0 bridgehead atoms. The van der Waals surface area contributed by atoms with Crippen molar-refractivity contribution in [2.45, 2.75) is 44.4 Å². The molecule has 1 heterocycles. The van der Waals surface area contributed by atoms with Gasteiger partial charge in [0.1, 0.15) is 0 Å². The number of carbonyl (C=O) groups excluding carboxylic acids is 1. The molecule has 0 aliphatic carbocycles. The van der Waals surface area contributed by atoms with Crippen molar-refractivity contribution in [3.63, 3.8) is 0 Å². The summed E-state index contributed by atoms with van der Waals surface area (Å²) in [6.45, 7) is 9.87. The maximum atomic E-state index is 11.9. The molecule has 2 aromatic carbocycles. The Labute approximate surface area is 176 Å². The van der Waals surface area contributed by atoms with E-state index >= 15 is 0 Å². The Kier molecular flexibility index (Phi) is 6.93. The van der Waals surface area contributed by atoms with Crippen LogP contribution in [0.3, 0.4) is 0 Å². The van der Waals surface area contributed by atoms with Crippen LogP contribution >= 0.6 is 0 Å². The SMILES string of the molecule is COC(=O)CCN1CCCNC1[Si](c1ccccc1)(c1ccccc1)C(C)(C)C. The van der Waals surface area contributed by atoms with Gasteiger partial charge in [-0.2, -0.15) is 0 Å². The summed E-state index contributed by atoms with van der Waals surface area (Å²) in [6, 6.07) is 22.1. The van der Waals surface area contributed by atoms with E-state index in [1.165, 1.54) is 17.5 Å². The standard InChI is InChI=1S/C24H34N2O2Si/c1-24(2,3)29(20-12-7-5-8-13-20,21-14-9-6-10-15-21)23-25-17-11-18-26(23)19-16-22(27)28-4/h5-10,12-15,23,25H,11,16-19H2,1-4H3. The molecule has 5 heteroatoms. The van der Waals surface area contributed by atoms with Crippen LogP contribution < -0.4 is 15.7 Å². The summed E-state index contributed by atoms with van der Waals surface area (Å²) in [5.41, 5.74) is 0. The van der Waals surface area contributed by atoms with Crippen molar-refractivity contribution in [3.8, 4) is 0 Å². The topological polar surface area (TPSA) is 41.6 Å². The van der Waals surface area contributed by atoms with Crippen LogP contribution in [0.5, 0.6) is 0 Å². The Morgan fingerprint density at radius 2 is 1.62 bits per heavy atom. The van der Waals surface area contributed by atoms with Crippen LogP contribution in [0.1, 0.15) is 33.6 Å². The van der Waals surface area contributed by atoms with Gasteiger partial charge in [-0.05, 0) is 18.0 Å². The number of carbonyl (C=O) groups is 1. The Balaban J connectivity index is 2.16. The molecule has 1 atom stereocenters. The van der Waals surface area contributed by atoms with Gasteiger partial charge in [-0.25, -0.2) is 0 Å². The van der Waals surface area contributed by atoms with Gasteiger partial charge in [0, 0.05) is 13.1 Å². The molecule has 0 spiro atoms. The first-order valence-corrected chi connectivity index (χ1v) is 12.6. The van der Waals surface area contributed by atoms with Gasteiger partial charge in [0.2, 0.25) is 0 Å². The number of rotatable bonds is 6. The molecule has 3 rings (SSSR count). The van der Waals surface area contributed by atoms with E-state index in [0.29, 0.717) is 6.42 Å². The fourth-order valence-corrected chi connectivity index (χ4v) is 11.2. The molecular weight excluding hydrogens is 376 g/mol. The van der Waals surface area contributed by atoms with Crippen molar-refractivity contribution in [2.75, 3.05) is 26.7 Å². The van der Waals surface area contributed by atoms with Crippen molar-refractivity contribution in [2.24, 2.45) is 0 Å². The number of esters is 1. The lowest BCUT2D eigenvalue weighted by atomic mass is 10.2. The molecular formula is C24H34N2O2Si. The first-order chi connectivity index (χ1) is 13.9. The molecule has 0 saturated carbocycles. The van der Waals surface area contributed by atoms with E-state index in [1.54, 1.807) is 0 Å². The molecule has 1 saturated heterocycles. The molecule has 0 aromatic heterocycles. The van der Waals surface area contributed by atoms with E-state index in [9.17, 15) is 4.79 Å². The predicted octanol–water partition coefficient (Wildman–Crippen LogP) is 2.77. The van der Waals surface area contributed by atoms with Crippen molar-refractivity contribution >= 4 is 24.4 Å². The Morgan fingerprint density at radius 1 is 1.07 bits per heavy atom. The van der Waals surface area contributed by atoms with Gasteiger partial charge in [0.15, 0.2) is 8.07 Å². The van der Waals surface area contributed by atoms with Crippen molar-refractivity contribution in [1.29, 1.82) is 0 Å². The highest BCUT2D eigenvalue weighted by Gasteiger charge is 2.55. The second-order valence-corrected chi connectivity index (χ2v) is 13.7. The molecule has 1 aliphatic rings. The summed E-state index contributed by atoms with van der Waals surface area (Å²) in [5.74, 6) is 0.0717. The van der Waals surface area contributed by atoms with Gasteiger partial charge in [-0.3, -0.25) is 9.69 Å². The van der Waals surface area contributed by atoms with Crippen LogP contribution in [0.4, 0.5) is 0 Å². The fourth-order valence-electron chi connectivity index (χ4n) is 4.94. The number of benzene rings is 2. The molecule has 29 heavy (non-hydrogen) atoms. The summed E-state index contributed by atoms with van der Waals surface area (Å²) in [6.07, 6.45) is 1.52. The maximum absolute atomic E-state index is 11.9. The van der Waals surface area contributed by atoms with Crippen molar-refractivity contribution < 1.29 is 9.53 Å². The lowest BCUT2D eigenvalue weighted by Gasteiger charge is -2.54. The van der Waals surface area contributed by atoms with Crippen LogP contribution in [0.25, 0.3) is 0 Å². The molecule has 1 N–H and O–H groups in total. The van der Waals surface area contributed by atoms with Crippen LogP contribution in [0.15, 0.2) is 60.7 Å². The first kappa shape index (κ1) is 21.7. The van der Waals surface area contributed by atoms with Gasteiger partial charge in [0.25, 0.3) is 0 Å². The summed E-state index contributed by atoms with van der Waals surface area (Å²) in [4.78, 5) is 14.4. The molecule has 2 aromatic rings. The quantitative estimate of drug-likeness (QED) is 0.587. The Morgan fingerprint density at radius 3 is 2.10 bits per heavy atom. The first-order valence-electron chi connectivity index (χ1n) is 10.6. The van der Waals surface area contributed by atoms with Gasteiger partial charge >= 0.3 is 5.97 Å². The minimum Gasteiger partial charge on any atom is -0.469 e. The lowest BCUT2D eigenvalue weighted by molar-refractivity contribution is -0.141. The van der Waals surface area contributed by atoms with Crippen LogP contribution in [-0.2, 0) is 9.53 Å². The smallest absolute Gasteiger partial charge is 0.306 e. The number of methoxy groups -OCH3 is 1. The van der Waals surface area contributed by atoms with E-state index in [0.717, 1.165) is 26.1 Å². The average molecular weight is 411 g/mol. The van der Waals surface area contributed by atoms with Crippen LogP contribution in [-0.4, -0.2) is 51.5 Å². The lowest BCUT2D eigenvalue weighted by Crippen LogP contribution is -2.80. The minimum atomic E-state index is -2.33. The zero-order valence-corrected chi connectivity index (χ0v) is 19.2. The van der Waals surface area contributed by atoms with Gasteiger partial charge in [-0.15, -0.1) is 0 Å². The van der Waals surface area contributed by atoms with Crippen molar-refractivity contribution in [3.05, 3.63) is 60.7 Å². The highest BCUT2D eigenvalue weighted by molar-refractivity contribution is 7.05. The maximum Gasteiger partial charge on any atom is 0.306 e. The molecule has 1 fully saturated rings. The number of ether oxygens (including phenoxy) is 1. The third kappa shape index (κ3) is 4.32. The number of hydrogen-bond donors (Lipinski definition) is 1. The van der Waals surface area contributed by atoms with Crippen molar-refractivity contribution in [1.82, 2.24) is 10.2 Å². The monoisotopic (exact) mass is 410 g/mol. The van der Waals surface area contributed by atoms with E-state index in [-0.39, 0.29) is 16.8 Å². The minimum absolute atomic E-state index is 0.0637. The Bertz CT molecular complexity index is 750. The summed E-state index contributed by atoms with van der Waals surface area (Å²) >= 11 is 0. The largest absolute Gasteiger partial charge is 0.469 e. The van der Waals surface area contributed by atoms with E-state index in [4.69, 9.17) is 4.74 Å². The number of nitrogens with zero attached hydrogens (tertiary/aromatic N) is 1. The predicted molar refractivity (Wildman–Crippen MR) is 122 cm³/mol. The van der Waals surface area contributed by atoms with Gasteiger partial charge in [-0.1, -0.05) is 91.8 Å². The summed E-state index contributed by atoms with van der Waals surface area (Å²) in [7, 11) is -0.862. The zero-order chi connectivity index (χ0) is 20.9. The Hall–Kier alpha value is -1.95. The second kappa shape index (κ2) is 9.24.